The number of pyridine rings is 1. The Hall–Kier alpha value is -2.94. The van der Waals surface area contributed by atoms with E-state index in [2.05, 4.69) is 15.0 Å². The largest absolute Gasteiger partial charge is 0.492 e. The van der Waals surface area contributed by atoms with E-state index in [1.165, 1.54) is 18.2 Å². The smallest absolute Gasteiger partial charge is 0.251 e. The summed E-state index contributed by atoms with van der Waals surface area (Å²) in [7, 11) is -3.92. The number of nitrogens with zero attached hydrogens (tertiary/aromatic N) is 1. The Labute approximate surface area is 180 Å². The van der Waals surface area contributed by atoms with Gasteiger partial charge in [0.25, 0.3) is 5.91 Å². The number of benzene rings is 2. The number of halogens is 1. The number of hydrogen-bond acceptors (Lipinski definition) is 5. The van der Waals surface area contributed by atoms with Crippen LogP contribution in [0.25, 0.3) is 0 Å². The molecule has 3 aromatic rings. The lowest BCUT2D eigenvalue weighted by atomic mass is 10.2. The van der Waals surface area contributed by atoms with E-state index in [0.29, 0.717) is 11.3 Å². The Morgan fingerprint density at radius 3 is 2.60 bits per heavy atom. The fourth-order valence-electron chi connectivity index (χ4n) is 2.56. The van der Waals surface area contributed by atoms with Crippen LogP contribution < -0.4 is 14.8 Å². The maximum Gasteiger partial charge on any atom is 0.251 e. The van der Waals surface area contributed by atoms with E-state index in [1.807, 2.05) is 30.3 Å². The molecule has 0 aliphatic heterocycles. The lowest BCUT2D eigenvalue weighted by Crippen LogP contribution is -2.29. The molecule has 0 bridgehead atoms. The maximum absolute atomic E-state index is 12.7. The number of nitrogens with one attached hydrogen (secondary N) is 2. The van der Waals surface area contributed by atoms with E-state index in [4.69, 9.17) is 16.3 Å². The third kappa shape index (κ3) is 6.03. The van der Waals surface area contributed by atoms with Crippen LogP contribution in [0.1, 0.15) is 15.9 Å². The molecule has 0 spiro atoms. The minimum Gasteiger partial charge on any atom is -0.492 e. The van der Waals surface area contributed by atoms with E-state index in [0.717, 1.165) is 0 Å². The summed E-state index contributed by atoms with van der Waals surface area (Å²) >= 11 is 6.08. The molecule has 1 heterocycles. The van der Waals surface area contributed by atoms with Crippen molar-refractivity contribution in [2.24, 2.45) is 0 Å². The Kier molecular flexibility index (Phi) is 7.40. The maximum atomic E-state index is 12.7. The van der Waals surface area contributed by atoms with Gasteiger partial charge in [-0.25, -0.2) is 13.1 Å². The molecule has 2 aromatic carbocycles. The summed E-state index contributed by atoms with van der Waals surface area (Å²) in [5, 5.41) is 2.72. The van der Waals surface area contributed by atoms with Crippen LogP contribution in [0.4, 0.5) is 0 Å². The number of hydrogen-bond donors (Lipinski definition) is 2. The first kappa shape index (κ1) is 21.8. The van der Waals surface area contributed by atoms with Crippen molar-refractivity contribution in [3.05, 3.63) is 89.2 Å². The number of ether oxygens (including phenoxy) is 1. The second-order valence-corrected chi connectivity index (χ2v) is 8.39. The summed E-state index contributed by atoms with van der Waals surface area (Å²) < 4.78 is 33.3. The fourth-order valence-corrected chi connectivity index (χ4v) is 4.10. The van der Waals surface area contributed by atoms with Gasteiger partial charge in [0.1, 0.15) is 17.3 Å². The number of rotatable bonds is 9. The summed E-state index contributed by atoms with van der Waals surface area (Å²) in [6.45, 7) is 0.596. The highest BCUT2D eigenvalue weighted by Crippen LogP contribution is 2.23. The highest BCUT2D eigenvalue weighted by atomic mass is 35.5. The molecule has 0 saturated heterocycles. The lowest BCUT2D eigenvalue weighted by Gasteiger charge is -2.11. The minimum absolute atomic E-state index is 0.0256. The molecule has 0 atom stereocenters. The first-order valence-electron chi connectivity index (χ1n) is 9.10. The van der Waals surface area contributed by atoms with Gasteiger partial charge < -0.3 is 10.1 Å². The fraction of sp³-hybridized carbons (Fsp3) is 0.143. The van der Waals surface area contributed by atoms with E-state index in [-0.39, 0.29) is 35.2 Å². The van der Waals surface area contributed by atoms with Crippen molar-refractivity contribution in [1.82, 2.24) is 15.0 Å². The lowest BCUT2D eigenvalue weighted by molar-refractivity contribution is 0.0947. The minimum atomic E-state index is -3.92. The number of sulfonamides is 1. The van der Waals surface area contributed by atoms with Crippen molar-refractivity contribution >= 4 is 27.5 Å². The Bertz CT molecular complexity index is 1090. The van der Waals surface area contributed by atoms with Crippen LogP contribution in [0, 0.1) is 0 Å². The van der Waals surface area contributed by atoms with Crippen LogP contribution in [-0.2, 0) is 16.6 Å². The van der Waals surface area contributed by atoms with Crippen LogP contribution in [0.5, 0.6) is 5.75 Å². The molecule has 2 N–H and O–H groups in total. The second-order valence-electron chi connectivity index (χ2n) is 6.25. The zero-order chi connectivity index (χ0) is 21.4. The first-order valence-corrected chi connectivity index (χ1v) is 11.0. The predicted molar refractivity (Wildman–Crippen MR) is 114 cm³/mol. The summed E-state index contributed by atoms with van der Waals surface area (Å²) in [5.74, 6) is 0.276. The molecule has 0 aliphatic rings. The summed E-state index contributed by atoms with van der Waals surface area (Å²) in [5.41, 5.74) is 0.880. The second kappa shape index (κ2) is 10.2. The predicted octanol–water partition coefficient (Wildman–Crippen LogP) is 3.02. The van der Waals surface area contributed by atoms with E-state index >= 15 is 0 Å². The molecule has 3 rings (SSSR count). The molecule has 0 radical (unpaired) electrons. The zero-order valence-electron chi connectivity index (χ0n) is 15.9. The molecule has 1 amide bonds. The van der Waals surface area contributed by atoms with Gasteiger partial charge in [0.2, 0.25) is 10.0 Å². The Morgan fingerprint density at radius 1 is 1.07 bits per heavy atom. The molecular formula is C21H20ClN3O4S. The normalized spacial score (nSPS) is 11.1. The number of para-hydroxylation sites is 1. The summed E-state index contributed by atoms with van der Waals surface area (Å²) in [6.07, 6.45) is 3.16. The molecule has 0 saturated carbocycles. The van der Waals surface area contributed by atoms with Crippen molar-refractivity contribution in [1.29, 1.82) is 0 Å². The SMILES string of the molecule is O=C(NCCOc1ccccc1)c1ccc(Cl)c(S(=O)(=O)NCc2cccnc2)c1. The topological polar surface area (TPSA) is 97.4 Å². The first-order chi connectivity index (χ1) is 14.5. The molecule has 1 aromatic heterocycles. The van der Waals surface area contributed by atoms with Gasteiger partial charge in [-0.3, -0.25) is 9.78 Å². The van der Waals surface area contributed by atoms with Crippen molar-refractivity contribution in [3.8, 4) is 5.75 Å². The van der Waals surface area contributed by atoms with E-state index in [1.54, 1.807) is 24.5 Å². The average molecular weight is 446 g/mol. The van der Waals surface area contributed by atoms with Crippen LogP contribution in [-0.4, -0.2) is 32.5 Å². The molecule has 30 heavy (non-hydrogen) atoms. The van der Waals surface area contributed by atoms with Gasteiger partial charge in [0.15, 0.2) is 0 Å². The molecular weight excluding hydrogens is 426 g/mol. The van der Waals surface area contributed by atoms with Crippen LogP contribution in [0.2, 0.25) is 5.02 Å². The van der Waals surface area contributed by atoms with Crippen LogP contribution >= 0.6 is 11.6 Å². The summed E-state index contributed by atoms with van der Waals surface area (Å²) in [4.78, 5) is 16.2. The van der Waals surface area contributed by atoms with Crippen molar-refractivity contribution < 1.29 is 17.9 Å². The molecule has 0 fully saturated rings. The molecule has 156 valence electrons. The Morgan fingerprint density at radius 2 is 1.87 bits per heavy atom. The average Bonchev–Trinajstić information content (AvgIpc) is 2.77. The third-order valence-corrected chi connectivity index (χ3v) is 5.95. The number of carbonyl (C=O) groups excluding carboxylic acids is 1. The van der Waals surface area contributed by atoms with Crippen molar-refractivity contribution in [2.45, 2.75) is 11.4 Å². The van der Waals surface area contributed by atoms with Gasteiger partial charge in [0, 0.05) is 24.5 Å². The van der Waals surface area contributed by atoms with Gasteiger partial charge >= 0.3 is 0 Å². The molecule has 7 nitrogen and oxygen atoms in total. The molecule has 0 unspecified atom stereocenters. The Balaban J connectivity index is 1.61. The number of aromatic nitrogens is 1. The number of amides is 1. The number of carbonyl (C=O) groups is 1. The van der Waals surface area contributed by atoms with Crippen molar-refractivity contribution in [3.63, 3.8) is 0 Å². The standard InChI is InChI=1S/C21H20ClN3O4S/c22-19-9-8-17(21(26)24-11-12-29-18-6-2-1-3-7-18)13-20(19)30(27,28)25-15-16-5-4-10-23-14-16/h1-10,13-14,25H,11-12,15H2,(H,24,26). The summed E-state index contributed by atoms with van der Waals surface area (Å²) in [6, 6.07) is 16.8. The van der Waals surface area contributed by atoms with Crippen molar-refractivity contribution in [2.75, 3.05) is 13.2 Å². The van der Waals surface area contributed by atoms with Gasteiger partial charge in [0.05, 0.1) is 11.6 Å². The van der Waals surface area contributed by atoms with E-state index < -0.39 is 15.9 Å². The van der Waals surface area contributed by atoms with E-state index in [9.17, 15) is 13.2 Å². The monoisotopic (exact) mass is 445 g/mol. The highest BCUT2D eigenvalue weighted by Gasteiger charge is 2.20. The van der Waals surface area contributed by atoms with Gasteiger partial charge in [-0.15, -0.1) is 0 Å². The molecule has 0 aliphatic carbocycles. The molecule has 9 heteroatoms. The highest BCUT2D eigenvalue weighted by molar-refractivity contribution is 7.89. The van der Waals surface area contributed by atoms with Gasteiger partial charge in [-0.1, -0.05) is 35.9 Å². The third-order valence-electron chi connectivity index (χ3n) is 4.07. The van der Waals surface area contributed by atoms with Crippen LogP contribution in [0.3, 0.4) is 0 Å². The van der Waals surface area contributed by atoms with Gasteiger partial charge in [-0.2, -0.15) is 0 Å². The quantitative estimate of drug-likeness (QED) is 0.493. The van der Waals surface area contributed by atoms with Crippen LogP contribution in [0.15, 0.2) is 78.0 Å². The van der Waals surface area contributed by atoms with Gasteiger partial charge in [-0.05, 0) is 42.0 Å². The zero-order valence-corrected chi connectivity index (χ0v) is 17.5.